The summed E-state index contributed by atoms with van der Waals surface area (Å²) in [5.41, 5.74) is 2.18. The molecule has 2 amide bonds. The van der Waals surface area contributed by atoms with Crippen molar-refractivity contribution in [3.05, 3.63) is 23.8 Å². The Morgan fingerprint density at radius 2 is 2.00 bits per heavy atom. The summed E-state index contributed by atoms with van der Waals surface area (Å²) in [7, 11) is 5.43. The minimum Gasteiger partial charge on any atom is -0.377 e. The average molecular weight is 406 g/mol. The van der Waals surface area contributed by atoms with E-state index < -0.39 is 5.41 Å². The summed E-state index contributed by atoms with van der Waals surface area (Å²) in [5, 5.41) is 2.84. The third-order valence-corrected chi connectivity index (χ3v) is 4.86. The predicted octanol–water partition coefficient (Wildman–Crippen LogP) is 2.89. The van der Waals surface area contributed by atoms with Gasteiger partial charge in [-0.05, 0) is 36.6 Å². The van der Waals surface area contributed by atoms with Gasteiger partial charge in [0.1, 0.15) is 6.61 Å². The Kier molecular flexibility index (Phi) is 8.05. The maximum Gasteiger partial charge on any atom is 0.250 e. The van der Waals surface area contributed by atoms with Crippen molar-refractivity contribution in [3.63, 3.8) is 0 Å². The Morgan fingerprint density at radius 3 is 2.55 bits per heavy atom. The van der Waals surface area contributed by atoms with Crippen LogP contribution in [0.4, 0.5) is 11.4 Å². The lowest BCUT2D eigenvalue weighted by Crippen LogP contribution is -2.43. The summed E-state index contributed by atoms with van der Waals surface area (Å²) in [6.07, 6.45) is 2.09. The van der Waals surface area contributed by atoms with E-state index in [9.17, 15) is 9.59 Å². The minimum absolute atomic E-state index is 0.00157. The lowest BCUT2D eigenvalue weighted by Gasteiger charge is -2.32. The smallest absolute Gasteiger partial charge is 0.250 e. The number of hydrogen-bond donors (Lipinski definition) is 1. The van der Waals surface area contributed by atoms with E-state index in [1.807, 2.05) is 62.9 Å². The second-order valence-electron chi connectivity index (χ2n) is 8.79. The van der Waals surface area contributed by atoms with Gasteiger partial charge in [0.05, 0.1) is 6.10 Å². The standard InChI is InChI=1S/C22H35N3O4/c1-22(2,3)21(27)25(14-18-8-7-11-29-18)13-16-12-17(23-20(26)15-28-6)9-10-19(16)24(4)5/h9-10,12,18H,7-8,11,13-15H2,1-6H3,(H,23,26)/t18-/m1/s1. The number of ether oxygens (including phenoxy) is 2. The van der Waals surface area contributed by atoms with Crippen LogP contribution in [0.2, 0.25) is 0 Å². The third kappa shape index (κ3) is 6.72. The Labute approximate surface area is 174 Å². The van der Waals surface area contributed by atoms with Gasteiger partial charge >= 0.3 is 0 Å². The van der Waals surface area contributed by atoms with Crippen molar-refractivity contribution in [2.24, 2.45) is 5.41 Å². The van der Waals surface area contributed by atoms with E-state index >= 15 is 0 Å². The molecule has 0 aliphatic carbocycles. The number of benzene rings is 1. The van der Waals surface area contributed by atoms with Crippen LogP contribution in [0.3, 0.4) is 0 Å². The van der Waals surface area contributed by atoms with Crippen LogP contribution in [0, 0.1) is 5.41 Å². The van der Waals surface area contributed by atoms with Crippen molar-refractivity contribution in [2.45, 2.75) is 46.3 Å². The Morgan fingerprint density at radius 1 is 1.28 bits per heavy atom. The quantitative estimate of drug-likeness (QED) is 0.720. The number of methoxy groups -OCH3 is 1. The number of carbonyl (C=O) groups is 2. The van der Waals surface area contributed by atoms with Crippen LogP contribution in [0.15, 0.2) is 18.2 Å². The SMILES string of the molecule is COCC(=O)Nc1ccc(N(C)C)c(CN(C[C@H]2CCCO2)C(=O)C(C)(C)C)c1. The highest BCUT2D eigenvalue weighted by atomic mass is 16.5. The van der Waals surface area contributed by atoms with Crippen molar-refractivity contribution in [1.29, 1.82) is 0 Å². The minimum atomic E-state index is -0.485. The van der Waals surface area contributed by atoms with Crippen LogP contribution in [-0.4, -0.2) is 63.8 Å². The first-order valence-corrected chi connectivity index (χ1v) is 10.1. The highest BCUT2D eigenvalue weighted by Crippen LogP contribution is 2.28. The molecule has 1 saturated heterocycles. The van der Waals surface area contributed by atoms with Gasteiger partial charge < -0.3 is 24.6 Å². The molecule has 1 atom stereocenters. The van der Waals surface area contributed by atoms with Gasteiger partial charge in [0.25, 0.3) is 0 Å². The molecule has 7 nitrogen and oxygen atoms in total. The molecule has 0 spiro atoms. The summed E-state index contributed by atoms with van der Waals surface area (Å²) in [6, 6.07) is 5.76. The van der Waals surface area contributed by atoms with Gasteiger partial charge in [-0.3, -0.25) is 9.59 Å². The summed E-state index contributed by atoms with van der Waals surface area (Å²) in [6.45, 7) is 7.59. The molecular formula is C22H35N3O4. The fourth-order valence-corrected chi connectivity index (χ4v) is 3.49. The number of hydrogen-bond acceptors (Lipinski definition) is 5. The molecular weight excluding hydrogens is 370 g/mol. The van der Waals surface area contributed by atoms with E-state index in [-0.39, 0.29) is 24.5 Å². The fraction of sp³-hybridized carbons (Fsp3) is 0.636. The van der Waals surface area contributed by atoms with Gasteiger partial charge in [-0.1, -0.05) is 20.8 Å². The van der Waals surface area contributed by atoms with E-state index in [1.54, 1.807) is 0 Å². The molecule has 7 heteroatoms. The molecule has 1 heterocycles. The van der Waals surface area contributed by atoms with E-state index in [1.165, 1.54) is 7.11 Å². The Bertz CT molecular complexity index is 706. The van der Waals surface area contributed by atoms with Gasteiger partial charge in [-0.25, -0.2) is 0 Å². The van der Waals surface area contributed by atoms with E-state index in [2.05, 4.69) is 5.32 Å². The Hall–Kier alpha value is -2.12. The lowest BCUT2D eigenvalue weighted by molar-refractivity contribution is -0.141. The second kappa shape index (κ2) is 10.1. The molecule has 1 aromatic carbocycles. The maximum atomic E-state index is 13.2. The van der Waals surface area contributed by atoms with Gasteiger partial charge in [0.2, 0.25) is 11.8 Å². The summed E-state index contributed by atoms with van der Waals surface area (Å²) in [5.74, 6) is -0.121. The van der Waals surface area contributed by atoms with E-state index in [4.69, 9.17) is 9.47 Å². The number of amides is 2. The highest BCUT2D eigenvalue weighted by Gasteiger charge is 2.30. The van der Waals surface area contributed by atoms with E-state index in [0.29, 0.717) is 18.8 Å². The molecule has 1 N–H and O–H groups in total. The molecule has 0 radical (unpaired) electrons. The van der Waals surface area contributed by atoms with Gasteiger partial charge in [0.15, 0.2) is 0 Å². The van der Waals surface area contributed by atoms with Crippen LogP contribution in [0.5, 0.6) is 0 Å². The van der Waals surface area contributed by atoms with Gasteiger partial charge in [-0.15, -0.1) is 0 Å². The number of carbonyl (C=O) groups excluding carboxylic acids is 2. The summed E-state index contributed by atoms with van der Waals surface area (Å²) < 4.78 is 10.7. The van der Waals surface area contributed by atoms with Crippen molar-refractivity contribution in [1.82, 2.24) is 4.90 Å². The summed E-state index contributed by atoms with van der Waals surface area (Å²) in [4.78, 5) is 29.0. The molecule has 0 saturated carbocycles. The van der Waals surface area contributed by atoms with Crippen molar-refractivity contribution in [3.8, 4) is 0 Å². The van der Waals surface area contributed by atoms with Crippen LogP contribution >= 0.6 is 0 Å². The van der Waals surface area contributed by atoms with Gasteiger partial charge in [0, 0.05) is 57.7 Å². The van der Waals surface area contributed by atoms with Crippen LogP contribution in [0.1, 0.15) is 39.2 Å². The zero-order chi connectivity index (χ0) is 21.6. The van der Waals surface area contributed by atoms with E-state index in [0.717, 1.165) is 30.7 Å². The molecule has 2 rings (SSSR count). The van der Waals surface area contributed by atoms with Crippen LogP contribution < -0.4 is 10.2 Å². The average Bonchev–Trinajstić information content (AvgIpc) is 3.13. The number of nitrogens with one attached hydrogen (secondary N) is 1. The molecule has 1 aliphatic rings. The van der Waals surface area contributed by atoms with Gasteiger partial charge in [-0.2, -0.15) is 0 Å². The lowest BCUT2D eigenvalue weighted by atomic mass is 9.94. The molecule has 0 aromatic heterocycles. The molecule has 0 unspecified atom stereocenters. The summed E-state index contributed by atoms with van der Waals surface area (Å²) >= 11 is 0. The molecule has 29 heavy (non-hydrogen) atoms. The van der Waals surface area contributed by atoms with Crippen LogP contribution in [-0.2, 0) is 25.6 Å². The van der Waals surface area contributed by atoms with Crippen molar-refractivity contribution in [2.75, 3.05) is 51.2 Å². The first kappa shape index (κ1) is 23.2. The number of nitrogens with zero attached hydrogens (tertiary/aromatic N) is 2. The normalized spacial score (nSPS) is 16.6. The predicted molar refractivity (Wildman–Crippen MR) is 115 cm³/mol. The number of anilines is 2. The number of rotatable bonds is 8. The Balaban J connectivity index is 2.30. The monoisotopic (exact) mass is 405 g/mol. The third-order valence-electron chi connectivity index (χ3n) is 4.86. The van der Waals surface area contributed by atoms with Crippen molar-refractivity contribution >= 4 is 23.2 Å². The molecule has 0 bridgehead atoms. The van der Waals surface area contributed by atoms with Crippen LogP contribution in [0.25, 0.3) is 0 Å². The zero-order valence-corrected chi connectivity index (χ0v) is 18.6. The molecule has 1 aliphatic heterocycles. The largest absolute Gasteiger partial charge is 0.377 e. The second-order valence-corrected chi connectivity index (χ2v) is 8.79. The first-order chi connectivity index (χ1) is 13.6. The maximum absolute atomic E-state index is 13.2. The molecule has 1 fully saturated rings. The fourth-order valence-electron chi connectivity index (χ4n) is 3.49. The first-order valence-electron chi connectivity index (χ1n) is 10.1. The molecule has 162 valence electrons. The zero-order valence-electron chi connectivity index (χ0n) is 18.6. The highest BCUT2D eigenvalue weighted by molar-refractivity contribution is 5.92. The topological polar surface area (TPSA) is 71.1 Å². The molecule has 1 aromatic rings. The van der Waals surface area contributed by atoms with Crippen molar-refractivity contribution < 1.29 is 19.1 Å².